The number of carboxylic acid groups (broad SMARTS) is 1. The largest absolute Gasteiger partial charge is 0.491 e. The third kappa shape index (κ3) is 2.41. The number of hydrogen-bond acceptors (Lipinski definition) is 4. The van der Waals surface area contributed by atoms with Crippen LogP contribution in [0.15, 0.2) is 18.2 Å². The van der Waals surface area contributed by atoms with E-state index in [4.69, 9.17) is 9.76 Å². The third-order valence-corrected chi connectivity index (χ3v) is 2.48. The van der Waals surface area contributed by atoms with Crippen molar-refractivity contribution in [3.8, 4) is 0 Å². The van der Waals surface area contributed by atoms with E-state index in [-0.39, 0.29) is 6.54 Å². The minimum absolute atomic E-state index is 0.0733. The topological polar surface area (TPSA) is 78.8 Å². The van der Waals surface area contributed by atoms with Crippen molar-refractivity contribution in [3.63, 3.8) is 0 Å². The van der Waals surface area contributed by atoms with E-state index >= 15 is 0 Å². The molecule has 16 heavy (non-hydrogen) atoms. The highest BCUT2D eigenvalue weighted by Gasteiger charge is 2.26. The first kappa shape index (κ1) is 11.1. The lowest BCUT2D eigenvalue weighted by molar-refractivity contribution is -0.135. The number of carbonyl (C=O) groups is 1. The molecule has 1 aliphatic rings. The normalized spacial score (nSPS) is 13.9. The molecular weight excluding hydrogens is 209 g/mol. The maximum absolute atomic E-state index is 10.3. The van der Waals surface area contributed by atoms with Gasteiger partial charge in [-0.15, -0.1) is 0 Å². The van der Waals surface area contributed by atoms with Crippen LogP contribution in [0.3, 0.4) is 0 Å². The van der Waals surface area contributed by atoms with E-state index in [9.17, 15) is 9.82 Å². The number of rotatable bonds is 4. The van der Waals surface area contributed by atoms with Crippen molar-refractivity contribution in [2.75, 3.05) is 6.54 Å². The summed E-state index contributed by atoms with van der Waals surface area (Å²) in [6.07, 6.45) is 0. The fourth-order valence-corrected chi connectivity index (χ4v) is 1.69. The molecule has 3 N–H and O–H groups in total. The van der Waals surface area contributed by atoms with Crippen molar-refractivity contribution >= 4 is 18.6 Å². The van der Waals surface area contributed by atoms with Crippen LogP contribution in [-0.2, 0) is 22.6 Å². The van der Waals surface area contributed by atoms with Gasteiger partial charge < -0.3 is 20.1 Å². The lowest BCUT2D eigenvalue weighted by Crippen LogP contribution is -2.29. The first-order valence-corrected chi connectivity index (χ1v) is 5.00. The Morgan fingerprint density at radius 2 is 2.38 bits per heavy atom. The Hall–Kier alpha value is -1.37. The number of nitrogens with one attached hydrogen (secondary N) is 1. The summed E-state index contributed by atoms with van der Waals surface area (Å²) in [5, 5.41) is 20.7. The Bertz CT molecular complexity index is 410. The van der Waals surface area contributed by atoms with E-state index in [1.165, 1.54) is 0 Å². The van der Waals surface area contributed by atoms with Crippen molar-refractivity contribution in [2.24, 2.45) is 0 Å². The average molecular weight is 221 g/mol. The van der Waals surface area contributed by atoms with Crippen LogP contribution in [0, 0.1) is 0 Å². The van der Waals surface area contributed by atoms with Crippen molar-refractivity contribution < 1.29 is 19.6 Å². The molecule has 6 heteroatoms. The van der Waals surface area contributed by atoms with Crippen LogP contribution < -0.4 is 10.8 Å². The molecular formula is C10H12BNO4. The van der Waals surface area contributed by atoms with Crippen LogP contribution in [-0.4, -0.2) is 29.8 Å². The molecule has 0 saturated carbocycles. The number of hydrogen-bond donors (Lipinski definition) is 3. The zero-order chi connectivity index (χ0) is 11.5. The highest BCUT2D eigenvalue weighted by Crippen LogP contribution is 2.11. The summed E-state index contributed by atoms with van der Waals surface area (Å²) in [5.74, 6) is -0.885. The number of carboxylic acids is 1. The molecule has 0 radical (unpaired) electrons. The second-order valence-electron chi connectivity index (χ2n) is 3.69. The molecule has 0 amide bonds. The molecule has 2 rings (SSSR count). The van der Waals surface area contributed by atoms with E-state index in [0.29, 0.717) is 13.2 Å². The third-order valence-electron chi connectivity index (χ3n) is 2.48. The van der Waals surface area contributed by atoms with Gasteiger partial charge in [0.1, 0.15) is 0 Å². The Balaban J connectivity index is 2.01. The van der Waals surface area contributed by atoms with Gasteiger partial charge in [0, 0.05) is 6.54 Å². The van der Waals surface area contributed by atoms with Gasteiger partial charge in [-0.05, 0) is 16.6 Å². The van der Waals surface area contributed by atoms with Crippen molar-refractivity contribution in [1.82, 2.24) is 5.32 Å². The molecule has 1 aliphatic heterocycles. The predicted octanol–water partition coefficient (Wildman–Crippen LogP) is -0.922. The zero-order valence-electron chi connectivity index (χ0n) is 8.64. The van der Waals surface area contributed by atoms with E-state index in [1.54, 1.807) is 0 Å². The maximum Gasteiger partial charge on any atom is 0.491 e. The van der Waals surface area contributed by atoms with Gasteiger partial charge in [-0.1, -0.05) is 18.2 Å². The predicted molar refractivity (Wildman–Crippen MR) is 58.2 cm³/mol. The minimum atomic E-state index is -0.885. The van der Waals surface area contributed by atoms with Crippen LogP contribution in [0.2, 0.25) is 0 Å². The average Bonchev–Trinajstić information content (AvgIpc) is 2.60. The van der Waals surface area contributed by atoms with Crippen LogP contribution in [0.25, 0.3) is 0 Å². The second kappa shape index (κ2) is 4.65. The van der Waals surface area contributed by atoms with Crippen molar-refractivity contribution in [2.45, 2.75) is 13.2 Å². The van der Waals surface area contributed by atoms with Crippen LogP contribution >= 0.6 is 0 Å². The van der Waals surface area contributed by atoms with Gasteiger partial charge in [0.2, 0.25) is 0 Å². The maximum atomic E-state index is 10.3. The van der Waals surface area contributed by atoms with E-state index in [2.05, 4.69) is 5.32 Å². The van der Waals surface area contributed by atoms with Gasteiger partial charge in [-0.2, -0.15) is 0 Å². The molecule has 0 aromatic heterocycles. The Labute approximate surface area is 93.2 Å². The highest BCUT2D eigenvalue weighted by atomic mass is 16.5. The molecule has 0 spiro atoms. The summed E-state index contributed by atoms with van der Waals surface area (Å²) < 4.78 is 5.06. The molecule has 1 aromatic carbocycles. The first-order valence-electron chi connectivity index (χ1n) is 5.00. The van der Waals surface area contributed by atoms with E-state index < -0.39 is 13.1 Å². The fraction of sp³-hybridized carbons (Fsp3) is 0.300. The lowest BCUT2D eigenvalue weighted by atomic mass is 9.79. The van der Waals surface area contributed by atoms with Crippen molar-refractivity contribution in [1.29, 1.82) is 0 Å². The standard InChI is InChI=1S/C10H12BNO4/c13-10(14)5-12-4-7-1-2-8-6-16-11(15)9(8)3-7/h1-3,12,15H,4-6H2,(H,13,14). The number of aliphatic carboxylic acids is 1. The van der Waals surface area contributed by atoms with Gasteiger partial charge in [0.25, 0.3) is 0 Å². The Kier molecular flexibility index (Phi) is 3.23. The smallest absolute Gasteiger partial charge is 0.480 e. The molecule has 0 fully saturated rings. The summed E-state index contributed by atoms with van der Waals surface area (Å²) in [6.45, 7) is 0.821. The summed E-state index contributed by atoms with van der Waals surface area (Å²) >= 11 is 0. The van der Waals surface area contributed by atoms with Crippen LogP contribution in [0.5, 0.6) is 0 Å². The molecule has 1 heterocycles. The molecule has 0 unspecified atom stereocenters. The van der Waals surface area contributed by atoms with E-state index in [1.807, 2.05) is 18.2 Å². The molecule has 5 nitrogen and oxygen atoms in total. The monoisotopic (exact) mass is 221 g/mol. The summed E-state index contributed by atoms with van der Waals surface area (Å²) in [7, 11) is -0.852. The first-order chi connectivity index (χ1) is 7.66. The van der Waals surface area contributed by atoms with Gasteiger partial charge in [0.05, 0.1) is 13.2 Å². The molecule has 0 saturated heterocycles. The molecule has 84 valence electrons. The molecule has 0 atom stereocenters. The molecule has 0 bridgehead atoms. The Morgan fingerprint density at radius 3 is 3.12 bits per heavy atom. The number of benzene rings is 1. The zero-order valence-corrected chi connectivity index (χ0v) is 8.64. The second-order valence-corrected chi connectivity index (χ2v) is 3.69. The molecule has 0 aliphatic carbocycles. The fourth-order valence-electron chi connectivity index (χ4n) is 1.69. The van der Waals surface area contributed by atoms with Crippen LogP contribution in [0.4, 0.5) is 0 Å². The highest BCUT2D eigenvalue weighted by molar-refractivity contribution is 6.61. The Morgan fingerprint density at radius 1 is 1.56 bits per heavy atom. The van der Waals surface area contributed by atoms with Crippen LogP contribution in [0.1, 0.15) is 11.1 Å². The summed E-state index contributed by atoms with van der Waals surface area (Å²) in [4.78, 5) is 10.3. The SMILES string of the molecule is O=C(O)CNCc1ccc2c(c1)B(O)OC2. The van der Waals surface area contributed by atoms with Gasteiger partial charge >= 0.3 is 13.1 Å². The summed E-state index contributed by atoms with van der Waals surface area (Å²) in [6, 6.07) is 5.63. The number of fused-ring (bicyclic) bond motifs is 1. The van der Waals surface area contributed by atoms with Gasteiger partial charge in [-0.25, -0.2) is 0 Å². The minimum Gasteiger partial charge on any atom is -0.480 e. The summed E-state index contributed by atoms with van der Waals surface area (Å²) in [5.41, 5.74) is 2.69. The quantitative estimate of drug-likeness (QED) is 0.573. The lowest BCUT2D eigenvalue weighted by Gasteiger charge is -2.05. The molecule has 1 aromatic rings. The van der Waals surface area contributed by atoms with Gasteiger partial charge in [-0.3, -0.25) is 4.79 Å². The van der Waals surface area contributed by atoms with Gasteiger partial charge in [0.15, 0.2) is 0 Å². The van der Waals surface area contributed by atoms with Crippen molar-refractivity contribution in [3.05, 3.63) is 29.3 Å². The van der Waals surface area contributed by atoms with E-state index in [0.717, 1.165) is 16.6 Å².